The van der Waals surface area contributed by atoms with Gasteiger partial charge in [0, 0.05) is 19.3 Å². The Morgan fingerprint density at radius 2 is 0.407 bits per heavy atom. The number of rotatable bonds is 91. The molecular formula is C105H176O16P2. The van der Waals surface area contributed by atoms with Gasteiger partial charge in [0.25, 0.3) is 0 Å². The molecule has 0 rings (SSSR count). The first-order valence-electron chi connectivity index (χ1n) is 48.7. The Bertz CT molecular complexity index is 3020. The highest BCUT2D eigenvalue weighted by atomic mass is 31.2. The molecule has 0 heterocycles. The first kappa shape index (κ1) is 117. The quantitative estimate of drug-likeness (QED) is 0.0146. The maximum absolute atomic E-state index is 13.1. The Balaban J connectivity index is 4.57. The van der Waals surface area contributed by atoms with Gasteiger partial charge in [-0.1, -0.05) is 408 Å². The van der Waals surface area contributed by atoms with Gasteiger partial charge in [-0.2, -0.15) is 0 Å². The molecule has 0 aromatic rings. The SMILES string of the molecule is CC/C=C\C/C=C\C/C=C\C/C=C\C/C=C\C/C=C\CCCCC(=O)OC(COC(=O)CCCCCCCCCCCCCCCCCCC/C=C\C/C=C\C/C=C\C/C=C\C/C=C\CC)COP(=O)(O)OCC(O)COP(=O)(O)OCC(O)COC(=O)CCCCCCCCCCCCCCCCCCC/C=C\C/C=C\C/C=C\C/C=C\C/C=C\CC. The Morgan fingerprint density at radius 3 is 0.659 bits per heavy atom. The Hall–Kier alpha value is -5.61. The second-order valence-corrected chi connectivity index (χ2v) is 35.0. The van der Waals surface area contributed by atoms with Crippen molar-refractivity contribution in [3.05, 3.63) is 194 Å². The first-order valence-corrected chi connectivity index (χ1v) is 51.7. The van der Waals surface area contributed by atoms with Crippen molar-refractivity contribution in [3.8, 4) is 0 Å². The third kappa shape index (κ3) is 96.9. The molecule has 0 saturated carbocycles. The highest BCUT2D eigenvalue weighted by molar-refractivity contribution is 7.47. The fourth-order valence-electron chi connectivity index (χ4n) is 13.0. The van der Waals surface area contributed by atoms with Gasteiger partial charge >= 0.3 is 33.6 Å². The van der Waals surface area contributed by atoms with E-state index in [4.69, 9.17) is 32.3 Å². The molecule has 5 atom stereocenters. The number of esters is 3. The molecule has 0 amide bonds. The van der Waals surface area contributed by atoms with Gasteiger partial charge in [-0.3, -0.25) is 32.5 Å². The number of unbranched alkanes of at least 4 members (excludes halogenated alkanes) is 36. The number of hydrogen-bond donors (Lipinski definition) is 4. The second-order valence-electron chi connectivity index (χ2n) is 32.1. The van der Waals surface area contributed by atoms with Crippen molar-refractivity contribution in [2.24, 2.45) is 0 Å². The summed E-state index contributed by atoms with van der Waals surface area (Å²) < 4.78 is 61.5. The average molecular weight is 1760 g/mol. The lowest BCUT2D eigenvalue weighted by atomic mass is 10.0. The molecule has 0 fully saturated rings. The van der Waals surface area contributed by atoms with Crippen LogP contribution in [-0.2, 0) is 55.8 Å². The summed E-state index contributed by atoms with van der Waals surface area (Å²) in [6.45, 7) is 2.33. The molecule has 0 aliphatic heterocycles. The van der Waals surface area contributed by atoms with E-state index in [1.54, 1.807) is 0 Å². The molecule has 123 heavy (non-hydrogen) atoms. The molecule has 18 heteroatoms. The number of aliphatic hydroxyl groups is 2. The van der Waals surface area contributed by atoms with E-state index in [9.17, 15) is 43.5 Å². The van der Waals surface area contributed by atoms with Gasteiger partial charge in [-0.25, -0.2) is 9.13 Å². The van der Waals surface area contributed by atoms with Crippen LogP contribution in [0.15, 0.2) is 194 Å². The van der Waals surface area contributed by atoms with Crippen LogP contribution in [0.4, 0.5) is 0 Å². The van der Waals surface area contributed by atoms with Gasteiger partial charge in [0.15, 0.2) is 6.10 Å². The lowest BCUT2D eigenvalue weighted by Gasteiger charge is -2.21. The zero-order chi connectivity index (χ0) is 89.3. The summed E-state index contributed by atoms with van der Waals surface area (Å²) in [7, 11) is -9.83. The summed E-state index contributed by atoms with van der Waals surface area (Å²) in [5.74, 6) is -1.62. The summed E-state index contributed by atoms with van der Waals surface area (Å²) in [5.41, 5.74) is 0. The minimum Gasteiger partial charge on any atom is -0.463 e. The number of hydrogen-bond acceptors (Lipinski definition) is 14. The van der Waals surface area contributed by atoms with Gasteiger partial charge in [0.05, 0.1) is 26.4 Å². The zero-order valence-electron chi connectivity index (χ0n) is 77.5. The number of phosphoric ester groups is 2. The Kier molecular flexibility index (Phi) is 91.1. The minimum absolute atomic E-state index is 0.0453. The summed E-state index contributed by atoms with van der Waals surface area (Å²) in [4.78, 5) is 59.1. The second kappa shape index (κ2) is 95.5. The number of allylic oxidation sites excluding steroid dienone is 32. The number of carbonyl (C=O) groups is 3. The monoisotopic (exact) mass is 1760 g/mol. The molecule has 0 aliphatic rings. The molecule has 4 N–H and O–H groups in total. The van der Waals surface area contributed by atoms with Crippen LogP contribution >= 0.6 is 15.6 Å². The van der Waals surface area contributed by atoms with Gasteiger partial charge in [-0.15, -0.1) is 0 Å². The molecule has 0 aromatic carbocycles. The molecule has 0 radical (unpaired) electrons. The maximum Gasteiger partial charge on any atom is 0.472 e. The molecule has 702 valence electrons. The van der Waals surface area contributed by atoms with Gasteiger partial charge in [0.1, 0.15) is 25.4 Å². The van der Waals surface area contributed by atoms with E-state index in [0.29, 0.717) is 25.7 Å². The van der Waals surface area contributed by atoms with E-state index in [2.05, 4.69) is 215 Å². The standard InChI is InChI=1S/C105H176O16P2/c1-4-7-10-13-16-19-22-25-28-31-34-37-39-41-43-45-47-49-51-53-55-57-59-62-64-67-70-73-76-79-82-85-88-91-103(108)115-94-100(106)95-117-122(111,112)118-96-101(107)97-119-123(113,114)120-99-102(121-105(110)93-90-87-84-81-78-75-72-69-66-61-36-33-30-27-24-21-18-15-12-9-6-3)98-116-104(109)92-89-86-83-80-77-74-71-68-65-63-60-58-56-54-52-50-48-46-44-42-40-38-35-32-29-26-23-20-17-14-11-8-5-2/h7-12,16-21,25-30,34-38,41-44,61,69,72,78,81,100-102,106-107H,4-6,13-15,22-24,31-33,39-40,45-60,62-68,70-71,73-77,79-80,82-99H2,1-3H3,(H,111,112)(H,113,114)/b10-7-,11-8-,12-9-,19-16-,20-17-,21-18-,28-25-,29-26-,30-27-,37-34-,38-35-,43-41-,44-42-,61-36-,72-69-,81-78-. The molecule has 0 spiro atoms. The van der Waals surface area contributed by atoms with Crippen LogP contribution in [0.2, 0.25) is 0 Å². The molecule has 0 aliphatic carbocycles. The fourth-order valence-corrected chi connectivity index (χ4v) is 14.6. The third-order valence-corrected chi connectivity index (χ3v) is 22.2. The fraction of sp³-hybridized carbons (Fsp3) is 0.667. The van der Waals surface area contributed by atoms with Crippen molar-refractivity contribution in [3.63, 3.8) is 0 Å². The molecule has 16 nitrogen and oxygen atoms in total. The van der Waals surface area contributed by atoms with E-state index in [-0.39, 0.29) is 19.3 Å². The van der Waals surface area contributed by atoms with Crippen molar-refractivity contribution in [2.45, 2.75) is 411 Å². The minimum atomic E-state index is -4.96. The molecule has 5 unspecified atom stereocenters. The van der Waals surface area contributed by atoms with Gasteiger partial charge < -0.3 is 34.2 Å². The summed E-state index contributed by atoms with van der Waals surface area (Å²) in [6.07, 6.45) is 128. The maximum atomic E-state index is 13.1. The van der Waals surface area contributed by atoms with Crippen molar-refractivity contribution in [1.82, 2.24) is 0 Å². The van der Waals surface area contributed by atoms with Crippen LogP contribution in [0, 0.1) is 0 Å². The number of aliphatic hydroxyl groups excluding tert-OH is 2. The largest absolute Gasteiger partial charge is 0.472 e. The topological polar surface area (TPSA) is 231 Å². The van der Waals surface area contributed by atoms with Crippen molar-refractivity contribution >= 4 is 33.6 Å². The Labute approximate surface area is 750 Å². The van der Waals surface area contributed by atoms with Crippen LogP contribution in [0.1, 0.15) is 393 Å². The summed E-state index contributed by atoms with van der Waals surface area (Å²) in [5, 5.41) is 20.8. The predicted molar refractivity (Wildman–Crippen MR) is 518 cm³/mol. The smallest absolute Gasteiger partial charge is 0.463 e. The van der Waals surface area contributed by atoms with Crippen molar-refractivity contribution in [2.75, 3.05) is 39.6 Å². The zero-order valence-corrected chi connectivity index (χ0v) is 79.3. The molecular weight excluding hydrogens is 1580 g/mol. The van der Waals surface area contributed by atoms with Crippen LogP contribution in [0.25, 0.3) is 0 Å². The number of carbonyl (C=O) groups excluding carboxylic acids is 3. The first-order chi connectivity index (χ1) is 60.2. The summed E-state index contributed by atoms with van der Waals surface area (Å²) >= 11 is 0. The Morgan fingerprint density at radius 1 is 0.228 bits per heavy atom. The normalized spacial score (nSPS) is 14.6. The van der Waals surface area contributed by atoms with Crippen LogP contribution < -0.4 is 0 Å². The highest BCUT2D eigenvalue weighted by Crippen LogP contribution is 2.45. The van der Waals surface area contributed by atoms with Gasteiger partial charge in [-0.05, 0) is 161 Å². The lowest BCUT2D eigenvalue weighted by Crippen LogP contribution is -2.30. The van der Waals surface area contributed by atoms with Crippen LogP contribution in [-0.4, -0.2) is 95.9 Å². The number of ether oxygens (including phenoxy) is 3. The van der Waals surface area contributed by atoms with Gasteiger partial charge in [0.2, 0.25) is 0 Å². The summed E-state index contributed by atoms with van der Waals surface area (Å²) in [6, 6.07) is 0. The van der Waals surface area contributed by atoms with E-state index in [0.717, 1.165) is 154 Å². The van der Waals surface area contributed by atoms with E-state index in [1.165, 1.54) is 173 Å². The average Bonchev–Trinajstić information content (AvgIpc) is 0.896. The predicted octanol–water partition coefficient (Wildman–Crippen LogP) is 30.6. The molecule has 0 bridgehead atoms. The van der Waals surface area contributed by atoms with Crippen molar-refractivity contribution in [1.29, 1.82) is 0 Å². The van der Waals surface area contributed by atoms with E-state index >= 15 is 0 Å². The third-order valence-electron chi connectivity index (χ3n) is 20.3. The van der Waals surface area contributed by atoms with E-state index in [1.807, 2.05) is 0 Å². The van der Waals surface area contributed by atoms with Crippen LogP contribution in [0.5, 0.6) is 0 Å². The highest BCUT2D eigenvalue weighted by Gasteiger charge is 2.30. The van der Waals surface area contributed by atoms with Crippen molar-refractivity contribution < 1.29 is 75.8 Å². The van der Waals surface area contributed by atoms with E-state index < -0.39 is 91.5 Å². The molecule has 0 aromatic heterocycles. The molecule has 0 saturated heterocycles. The number of phosphoric acid groups is 2. The lowest BCUT2D eigenvalue weighted by molar-refractivity contribution is -0.161. The van der Waals surface area contributed by atoms with Crippen LogP contribution in [0.3, 0.4) is 0 Å².